The van der Waals surface area contributed by atoms with Crippen molar-refractivity contribution in [1.82, 2.24) is 5.32 Å². The molecule has 5 heteroatoms. The van der Waals surface area contributed by atoms with Crippen molar-refractivity contribution in [2.24, 2.45) is 0 Å². The predicted octanol–water partition coefficient (Wildman–Crippen LogP) is 4.73. The first-order valence-corrected chi connectivity index (χ1v) is 6.73. The highest BCUT2D eigenvalue weighted by molar-refractivity contribution is 9.10. The monoisotopic (exact) mass is 329 g/mol. The number of hydrogen-bond acceptors (Lipinski definition) is 2. The molecule has 0 fully saturated rings. The Bertz CT molecular complexity index is 570. The van der Waals surface area contributed by atoms with Crippen LogP contribution in [0.4, 0.5) is 8.78 Å². The average molecular weight is 330 g/mol. The molecule has 2 atom stereocenters. The van der Waals surface area contributed by atoms with Gasteiger partial charge in [-0.3, -0.25) is 0 Å². The number of hydrogen-bond donors (Lipinski definition) is 1. The largest absolute Gasteiger partial charge is 0.453 e. The van der Waals surface area contributed by atoms with Gasteiger partial charge in [-0.1, -0.05) is 6.07 Å². The summed E-state index contributed by atoms with van der Waals surface area (Å²) < 4.78 is 32.6. The van der Waals surface area contributed by atoms with Crippen LogP contribution in [0.25, 0.3) is 0 Å². The molecule has 0 aliphatic heterocycles. The zero-order valence-electron chi connectivity index (χ0n) is 10.6. The lowest BCUT2D eigenvalue weighted by Gasteiger charge is -2.19. The Labute approximate surface area is 118 Å². The molecule has 0 aliphatic carbocycles. The predicted molar refractivity (Wildman–Crippen MR) is 72.7 cm³/mol. The molecule has 1 heterocycles. The van der Waals surface area contributed by atoms with Crippen molar-refractivity contribution in [2.45, 2.75) is 25.9 Å². The van der Waals surface area contributed by atoms with E-state index in [1.807, 2.05) is 19.9 Å². The fraction of sp³-hybridized carbons (Fsp3) is 0.286. The maximum atomic E-state index is 13.6. The van der Waals surface area contributed by atoms with Crippen LogP contribution in [0.1, 0.15) is 37.3 Å². The topological polar surface area (TPSA) is 25.2 Å². The molecule has 0 radical (unpaired) electrons. The van der Waals surface area contributed by atoms with Crippen LogP contribution in [-0.4, -0.2) is 0 Å². The second-order valence-electron chi connectivity index (χ2n) is 4.42. The fourth-order valence-corrected chi connectivity index (χ4v) is 2.28. The minimum Gasteiger partial charge on any atom is -0.453 e. The standard InChI is InChI=1S/C14H14BrF2NO/c1-8(11-4-3-10(16)7-12(11)17)18-9(2)13-5-6-14(15)19-13/h3-9,18H,1-2H3. The van der Waals surface area contributed by atoms with Crippen molar-refractivity contribution < 1.29 is 13.2 Å². The molecule has 2 aromatic rings. The van der Waals surface area contributed by atoms with E-state index in [0.29, 0.717) is 10.2 Å². The third-order valence-electron chi connectivity index (χ3n) is 2.95. The summed E-state index contributed by atoms with van der Waals surface area (Å²) in [6, 6.07) is 6.91. The second-order valence-corrected chi connectivity index (χ2v) is 5.20. The van der Waals surface area contributed by atoms with E-state index in [1.54, 1.807) is 6.07 Å². The number of halogens is 3. The molecule has 0 saturated heterocycles. The Morgan fingerprint density at radius 1 is 1.11 bits per heavy atom. The summed E-state index contributed by atoms with van der Waals surface area (Å²) in [5.41, 5.74) is 0.430. The molecule has 0 aliphatic rings. The minimum absolute atomic E-state index is 0.0780. The lowest BCUT2D eigenvalue weighted by molar-refractivity contribution is 0.388. The molecule has 1 aromatic heterocycles. The molecular weight excluding hydrogens is 316 g/mol. The molecule has 0 bridgehead atoms. The third-order valence-corrected chi connectivity index (χ3v) is 3.38. The van der Waals surface area contributed by atoms with Crippen molar-refractivity contribution in [3.63, 3.8) is 0 Å². The van der Waals surface area contributed by atoms with Gasteiger partial charge in [0.05, 0.1) is 6.04 Å². The van der Waals surface area contributed by atoms with Gasteiger partial charge >= 0.3 is 0 Å². The fourth-order valence-electron chi connectivity index (χ4n) is 1.96. The van der Waals surface area contributed by atoms with Crippen molar-refractivity contribution in [3.05, 3.63) is 58.0 Å². The summed E-state index contributed by atoms with van der Waals surface area (Å²) in [6.45, 7) is 3.74. The molecule has 1 aromatic carbocycles. The lowest BCUT2D eigenvalue weighted by atomic mass is 10.1. The van der Waals surface area contributed by atoms with Gasteiger partial charge in [-0.25, -0.2) is 8.78 Å². The molecule has 102 valence electrons. The zero-order chi connectivity index (χ0) is 14.0. The summed E-state index contributed by atoms with van der Waals surface area (Å²) >= 11 is 3.24. The number of nitrogens with one attached hydrogen (secondary N) is 1. The van der Waals surface area contributed by atoms with E-state index in [9.17, 15) is 8.78 Å². The van der Waals surface area contributed by atoms with E-state index >= 15 is 0 Å². The molecular formula is C14H14BrF2NO. The minimum atomic E-state index is -0.573. The highest BCUT2D eigenvalue weighted by Gasteiger charge is 2.16. The van der Waals surface area contributed by atoms with Crippen molar-refractivity contribution in [3.8, 4) is 0 Å². The number of rotatable bonds is 4. The molecule has 0 spiro atoms. The first-order valence-electron chi connectivity index (χ1n) is 5.93. The highest BCUT2D eigenvalue weighted by Crippen LogP contribution is 2.24. The molecule has 1 N–H and O–H groups in total. The van der Waals surface area contributed by atoms with Crippen molar-refractivity contribution in [2.75, 3.05) is 0 Å². The van der Waals surface area contributed by atoms with Crippen molar-refractivity contribution >= 4 is 15.9 Å². The van der Waals surface area contributed by atoms with Gasteiger partial charge in [0.1, 0.15) is 17.4 Å². The van der Waals surface area contributed by atoms with Gasteiger partial charge in [-0.05, 0) is 48.0 Å². The zero-order valence-corrected chi connectivity index (χ0v) is 12.2. The summed E-state index contributed by atoms with van der Waals surface area (Å²) in [7, 11) is 0. The smallest absolute Gasteiger partial charge is 0.169 e. The SMILES string of the molecule is CC(NC(C)c1ccc(F)cc1F)c1ccc(Br)o1. The Morgan fingerprint density at radius 3 is 2.42 bits per heavy atom. The molecule has 0 amide bonds. The summed E-state index contributed by atoms with van der Waals surface area (Å²) in [5, 5.41) is 3.21. The Hall–Kier alpha value is -1.20. The van der Waals surface area contributed by atoms with Gasteiger partial charge in [0.2, 0.25) is 0 Å². The van der Waals surface area contributed by atoms with Gasteiger partial charge in [0, 0.05) is 17.7 Å². The van der Waals surface area contributed by atoms with Crippen LogP contribution in [0.3, 0.4) is 0 Å². The molecule has 2 nitrogen and oxygen atoms in total. The lowest BCUT2D eigenvalue weighted by Crippen LogP contribution is -2.23. The van der Waals surface area contributed by atoms with Crippen LogP contribution in [-0.2, 0) is 0 Å². The summed E-state index contributed by atoms with van der Waals surface area (Å²) in [4.78, 5) is 0. The Kier molecular flexibility index (Phi) is 4.37. The van der Waals surface area contributed by atoms with Crippen LogP contribution in [0, 0.1) is 11.6 Å². The normalized spacial score (nSPS) is 14.4. The van der Waals surface area contributed by atoms with E-state index in [2.05, 4.69) is 21.2 Å². The quantitative estimate of drug-likeness (QED) is 0.877. The van der Waals surface area contributed by atoms with E-state index in [-0.39, 0.29) is 12.1 Å². The van der Waals surface area contributed by atoms with Gasteiger partial charge in [-0.15, -0.1) is 0 Å². The van der Waals surface area contributed by atoms with Gasteiger partial charge in [0.15, 0.2) is 4.67 Å². The van der Waals surface area contributed by atoms with Crippen molar-refractivity contribution in [1.29, 1.82) is 0 Å². The number of furan rings is 1. The Balaban J connectivity index is 2.10. The molecule has 0 saturated carbocycles. The third kappa shape index (κ3) is 3.42. The van der Waals surface area contributed by atoms with Gasteiger partial charge in [-0.2, -0.15) is 0 Å². The van der Waals surface area contributed by atoms with Crippen LogP contribution in [0.5, 0.6) is 0 Å². The highest BCUT2D eigenvalue weighted by atomic mass is 79.9. The van der Waals surface area contributed by atoms with E-state index < -0.39 is 11.6 Å². The van der Waals surface area contributed by atoms with Crippen LogP contribution in [0.15, 0.2) is 39.4 Å². The van der Waals surface area contributed by atoms with Crippen LogP contribution < -0.4 is 5.32 Å². The summed E-state index contributed by atoms with van der Waals surface area (Å²) in [6.07, 6.45) is 0. The number of benzene rings is 1. The Morgan fingerprint density at radius 2 is 1.84 bits per heavy atom. The van der Waals surface area contributed by atoms with Gasteiger partial charge in [0.25, 0.3) is 0 Å². The van der Waals surface area contributed by atoms with Gasteiger partial charge < -0.3 is 9.73 Å². The van der Waals surface area contributed by atoms with E-state index in [1.165, 1.54) is 12.1 Å². The maximum Gasteiger partial charge on any atom is 0.169 e. The second kappa shape index (κ2) is 5.84. The molecule has 19 heavy (non-hydrogen) atoms. The molecule has 2 unspecified atom stereocenters. The van der Waals surface area contributed by atoms with Crippen LogP contribution in [0.2, 0.25) is 0 Å². The van der Waals surface area contributed by atoms with E-state index in [0.717, 1.165) is 11.8 Å². The van der Waals surface area contributed by atoms with E-state index in [4.69, 9.17) is 4.42 Å². The molecule has 2 rings (SSSR count). The summed E-state index contributed by atoms with van der Waals surface area (Å²) in [5.74, 6) is -0.370. The maximum absolute atomic E-state index is 13.6. The average Bonchev–Trinajstić information content (AvgIpc) is 2.75. The van der Waals surface area contributed by atoms with Crippen LogP contribution >= 0.6 is 15.9 Å². The first kappa shape index (κ1) is 14.2. The first-order chi connectivity index (χ1) is 8.97.